The molecule has 0 aromatic heterocycles. The summed E-state index contributed by atoms with van der Waals surface area (Å²) in [5, 5.41) is 13.2. The molecule has 0 aromatic rings. The minimum atomic E-state index is -3.80. The van der Waals surface area contributed by atoms with Crippen molar-refractivity contribution in [2.75, 3.05) is 12.8 Å². The van der Waals surface area contributed by atoms with Crippen molar-refractivity contribution < 1.29 is 31.9 Å². The number of azide groups is 1. The molecule has 0 aromatic carbocycles. The number of ether oxygens (including phenoxy) is 3. The molecule has 0 amide bonds. The molecular formula is C10H17N3O7S. The van der Waals surface area contributed by atoms with Crippen LogP contribution in [-0.4, -0.2) is 62.8 Å². The van der Waals surface area contributed by atoms with Crippen LogP contribution in [0.15, 0.2) is 5.11 Å². The van der Waals surface area contributed by atoms with Crippen molar-refractivity contribution in [2.45, 2.75) is 50.3 Å². The number of rotatable bonds is 5. The highest BCUT2D eigenvalue weighted by molar-refractivity contribution is 7.86. The van der Waals surface area contributed by atoms with Crippen molar-refractivity contribution in [3.05, 3.63) is 10.4 Å². The molecule has 21 heavy (non-hydrogen) atoms. The molecule has 2 heterocycles. The molecule has 0 radical (unpaired) electrons. The van der Waals surface area contributed by atoms with E-state index >= 15 is 0 Å². The van der Waals surface area contributed by atoms with Crippen molar-refractivity contribution in [2.24, 2.45) is 5.11 Å². The molecule has 10 nitrogen and oxygen atoms in total. The van der Waals surface area contributed by atoms with E-state index in [9.17, 15) is 13.5 Å². The quantitative estimate of drug-likeness (QED) is 0.322. The van der Waals surface area contributed by atoms with Crippen LogP contribution in [0.25, 0.3) is 10.4 Å². The van der Waals surface area contributed by atoms with E-state index in [4.69, 9.17) is 23.9 Å². The third-order valence-electron chi connectivity index (χ3n) is 3.02. The van der Waals surface area contributed by atoms with Crippen LogP contribution >= 0.6 is 0 Å². The Kier molecular flexibility index (Phi) is 4.45. The van der Waals surface area contributed by atoms with Crippen LogP contribution in [0.2, 0.25) is 0 Å². The molecule has 2 rings (SSSR count). The lowest BCUT2D eigenvalue weighted by Crippen LogP contribution is -2.44. The fourth-order valence-corrected chi connectivity index (χ4v) is 2.97. The van der Waals surface area contributed by atoms with Crippen LogP contribution in [0.3, 0.4) is 0 Å². The largest absolute Gasteiger partial charge is 0.390 e. The van der Waals surface area contributed by atoms with Crippen LogP contribution < -0.4 is 0 Å². The highest BCUT2D eigenvalue weighted by Crippen LogP contribution is 2.40. The molecule has 1 N–H and O–H groups in total. The van der Waals surface area contributed by atoms with Gasteiger partial charge < -0.3 is 19.3 Å². The molecule has 2 saturated heterocycles. The standard InChI is InChI=1S/C10H17N3O7S/c1-10(2)18-8-7(20-21(3,15)16)6(17-9(8)19-10)5(14)4-12-13-11/h5-9,14H,4H2,1-3H3/t5-,6+,7-,8+,9+/m0/s1. The predicted octanol–water partition coefficient (Wildman–Crippen LogP) is -0.121. The van der Waals surface area contributed by atoms with Gasteiger partial charge in [-0.3, -0.25) is 4.18 Å². The summed E-state index contributed by atoms with van der Waals surface area (Å²) in [6, 6.07) is 0. The third kappa shape index (κ3) is 3.83. The minimum absolute atomic E-state index is 0.284. The summed E-state index contributed by atoms with van der Waals surface area (Å²) in [6.45, 7) is 3.02. The molecule has 5 atom stereocenters. The maximum atomic E-state index is 11.4. The Bertz CT molecular complexity index is 545. The lowest BCUT2D eigenvalue weighted by molar-refractivity contribution is -0.222. The molecule has 0 aliphatic carbocycles. The summed E-state index contributed by atoms with van der Waals surface area (Å²) in [7, 11) is -3.80. The van der Waals surface area contributed by atoms with Gasteiger partial charge in [-0.2, -0.15) is 8.42 Å². The van der Waals surface area contributed by atoms with Crippen molar-refractivity contribution >= 4 is 10.1 Å². The Balaban J connectivity index is 2.20. The van der Waals surface area contributed by atoms with Crippen molar-refractivity contribution in [3.8, 4) is 0 Å². The number of hydrogen-bond acceptors (Lipinski definition) is 8. The Labute approximate surface area is 121 Å². The second kappa shape index (κ2) is 5.69. The first kappa shape index (κ1) is 16.4. The number of fused-ring (bicyclic) bond motifs is 1. The van der Waals surface area contributed by atoms with Crippen molar-refractivity contribution in [1.29, 1.82) is 0 Å². The van der Waals surface area contributed by atoms with Gasteiger partial charge in [0.15, 0.2) is 12.1 Å². The average molecular weight is 323 g/mol. The zero-order chi connectivity index (χ0) is 15.8. The maximum Gasteiger partial charge on any atom is 0.264 e. The van der Waals surface area contributed by atoms with Gasteiger partial charge in [0.1, 0.15) is 18.3 Å². The molecule has 2 fully saturated rings. The van der Waals surface area contributed by atoms with Gasteiger partial charge in [0, 0.05) is 4.91 Å². The van der Waals surface area contributed by atoms with E-state index in [0.29, 0.717) is 0 Å². The van der Waals surface area contributed by atoms with Crippen LogP contribution in [0, 0.1) is 0 Å². The lowest BCUT2D eigenvalue weighted by Gasteiger charge is -2.27. The van der Waals surface area contributed by atoms with Crippen molar-refractivity contribution in [1.82, 2.24) is 0 Å². The highest BCUT2D eigenvalue weighted by Gasteiger charge is 2.57. The Hall–Kier alpha value is -0.940. The Morgan fingerprint density at radius 3 is 2.71 bits per heavy atom. The smallest absolute Gasteiger partial charge is 0.264 e. The van der Waals surface area contributed by atoms with Gasteiger partial charge in [-0.25, -0.2) is 0 Å². The molecular weight excluding hydrogens is 306 g/mol. The average Bonchev–Trinajstić information content (AvgIpc) is 2.78. The Morgan fingerprint density at radius 1 is 1.48 bits per heavy atom. The molecule has 2 aliphatic heterocycles. The monoisotopic (exact) mass is 323 g/mol. The first-order valence-electron chi connectivity index (χ1n) is 6.21. The van der Waals surface area contributed by atoms with Gasteiger partial charge in [-0.15, -0.1) is 0 Å². The Morgan fingerprint density at radius 2 is 2.14 bits per heavy atom. The molecule has 0 spiro atoms. The number of hydrogen-bond donors (Lipinski definition) is 1. The van der Waals surface area contributed by atoms with Crippen LogP contribution in [0.1, 0.15) is 13.8 Å². The zero-order valence-corrected chi connectivity index (χ0v) is 12.6. The van der Waals surface area contributed by atoms with Gasteiger partial charge in [-0.1, -0.05) is 5.11 Å². The van der Waals surface area contributed by atoms with E-state index in [0.717, 1.165) is 6.26 Å². The van der Waals surface area contributed by atoms with Gasteiger partial charge in [0.25, 0.3) is 10.1 Å². The molecule has 0 saturated carbocycles. The minimum Gasteiger partial charge on any atom is -0.390 e. The first-order valence-corrected chi connectivity index (χ1v) is 8.03. The van der Waals surface area contributed by atoms with E-state index in [2.05, 4.69) is 10.0 Å². The summed E-state index contributed by atoms with van der Waals surface area (Å²) < 4.78 is 44.2. The van der Waals surface area contributed by atoms with Gasteiger partial charge in [0.2, 0.25) is 0 Å². The van der Waals surface area contributed by atoms with E-state index in [-0.39, 0.29) is 6.54 Å². The third-order valence-corrected chi connectivity index (χ3v) is 3.60. The van der Waals surface area contributed by atoms with Gasteiger partial charge in [-0.05, 0) is 19.4 Å². The molecule has 0 bridgehead atoms. The second-order valence-corrected chi connectivity index (χ2v) is 6.92. The molecule has 2 aliphatic rings. The fraction of sp³-hybridized carbons (Fsp3) is 1.00. The van der Waals surface area contributed by atoms with Gasteiger partial charge >= 0.3 is 0 Å². The second-order valence-electron chi connectivity index (χ2n) is 5.31. The maximum absolute atomic E-state index is 11.4. The van der Waals surface area contributed by atoms with Crippen LogP contribution in [0.5, 0.6) is 0 Å². The van der Waals surface area contributed by atoms with Gasteiger partial charge in [0.05, 0.1) is 18.9 Å². The van der Waals surface area contributed by atoms with Crippen molar-refractivity contribution in [3.63, 3.8) is 0 Å². The number of aliphatic hydroxyl groups is 1. The summed E-state index contributed by atoms with van der Waals surface area (Å²) in [5.41, 5.74) is 8.27. The van der Waals surface area contributed by atoms with E-state index in [1.54, 1.807) is 13.8 Å². The summed E-state index contributed by atoms with van der Waals surface area (Å²) >= 11 is 0. The fourth-order valence-electron chi connectivity index (χ4n) is 2.35. The van der Waals surface area contributed by atoms with Crippen LogP contribution in [0.4, 0.5) is 0 Å². The SMILES string of the molecule is CC1(C)O[C@H]2O[C@H]([C@@H](O)CN=[N+]=[N-])[C@H](OS(C)(=O)=O)[C@H]2O1. The summed E-state index contributed by atoms with van der Waals surface area (Å²) in [4.78, 5) is 2.53. The molecule has 11 heteroatoms. The number of aliphatic hydroxyl groups excluding tert-OH is 1. The molecule has 0 unspecified atom stereocenters. The van der Waals surface area contributed by atoms with E-state index < -0.39 is 46.6 Å². The molecule has 120 valence electrons. The lowest BCUT2D eigenvalue weighted by atomic mass is 10.1. The summed E-state index contributed by atoms with van der Waals surface area (Å²) in [5.74, 6) is -0.949. The summed E-state index contributed by atoms with van der Waals surface area (Å²) in [6.07, 6.45) is -4.16. The zero-order valence-electron chi connectivity index (χ0n) is 11.7. The highest BCUT2D eigenvalue weighted by atomic mass is 32.2. The van der Waals surface area contributed by atoms with E-state index in [1.807, 2.05) is 0 Å². The van der Waals surface area contributed by atoms with Crippen LogP contribution in [-0.2, 0) is 28.5 Å². The first-order chi connectivity index (χ1) is 9.63. The topological polar surface area (TPSA) is 140 Å². The normalized spacial score (nSPS) is 36.0. The van der Waals surface area contributed by atoms with E-state index in [1.165, 1.54) is 0 Å². The number of nitrogens with zero attached hydrogens (tertiary/aromatic N) is 3. The predicted molar refractivity (Wildman–Crippen MR) is 68.4 cm³/mol.